The Kier molecular flexibility index (Phi) is 5.77. The Labute approximate surface area is 128 Å². The van der Waals surface area contributed by atoms with Gasteiger partial charge in [-0.2, -0.15) is 0 Å². The normalized spacial score (nSPS) is 10.1. The first kappa shape index (κ1) is 15.8. The van der Waals surface area contributed by atoms with Crippen LogP contribution in [-0.4, -0.2) is 26.1 Å². The van der Waals surface area contributed by atoms with Gasteiger partial charge in [0, 0.05) is 11.6 Å². The maximum atomic E-state index is 13.0. The summed E-state index contributed by atoms with van der Waals surface area (Å²) in [4.78, 5) is 10.8. The molecule has 4 nitrogen and oxygen atoms in total. The molecule has 0 heterocycles. The zero-order valence-corrected chi connectivity index (χ0v) is 12.3. The Hall–Kier alpha value is -2.56. The molecule has 0 saturated carbocycles. The number of aldehydes is 1. The van der Waals surface area contributed by atoms with Gasteiger partial charge in [0.2, 0.25) is 0 Å². The van der Waals surface area contributed by atoms with Crippen molar-refractivity contribution in [3.8, 4) is 17.2 Å². The molecule has 0 atom stereocenters. The predicted molar refractivity (Wildman–Crippen MR) is 80.4 cm³/mol. The highest BCUT2D eigenvalue weighted by Crippen LogP contribution is 2.28. The smallest absolute Gasteiger partial charge is 0.161 e. The molecule has 0 spiro atoms. The minimum absolute atomic E-state index is 0.268. The lowest BCUT2D eigenvalue weighted by molar-refractivity contribution is 0.112. The molecule has 0 amide bonds. The lowest BCUT2D eigenvalue weighted by Crippen LogP contribution is -2.10. The summed E-state index contributed by atoms with van der Waals surface area (Å²) in [6, 6.07) is 10.9. The molecule has 0 aliphatic heterocycles. The van der Waals surface area contributed by atoms with Crippen molar-refractivity contribution < 1.29 is 23.4 Å². The van der Waals surface area contributed by atoms with E-state index in [0.717, 1.165) is 6.29 Å². The summed E-state index contributed by atoms with van der Waals surface area (Å²) in [5, 5.41) is 0. The molecule has 0 aromatic heterocycles. The van der Waals surface area contributed by atoms with E-state index in [0.29, 0.717) is 29.4 Å². The summed E-state index contributed by atoms with van der Waals surface area (Å²) in [7, 11) is 0. The van der Waals surface area contributed by atoms with Crippen LogP contribution in [0.15, 0.2) is 42.5 Å². The van der Waals surface area contributed by atoms with E-state index in [1.807, 2.05) is 6.92 Å². The molecule has 0 aliphatic carbocycles. The molecule has 0 N–H and O–H groups in total. The molecule has 2 aromatic carbocycles. The van der Waals surface area contributed by atoms with Crippen LogP contribution < -0.4 is 14.2 Å². The Morgan fingerprint density at radius 1 is 1.00 bits per heavy atom. The first-order valence-corrected chi connectivity index (χ1v) is 6.96. The number of ether oxygens (including phenoxy) is 3. The number of hydrogen-bond donors (Lipinski definition) is 0. The molecule has 0 saturated heterocycles. The maximum absolute atomic E-state index is 13.0. The van der Waals surface area contributed by atoms with Crippen molar-refractivity contribution in [2.24, 2.45) is 0 Å². The fourth-order valence-corrected chi connectivity index (χ4v) is 1.85. The Morgan fingerprint density at radius 2 is 1.82 bits per heavy atom. The van der Waals surface area contributed by atoms with Gasteiger partial charge in [0.15, 0.2) is 11.5 Å². The highest BCUT2D eigenvalue weighted by Gasteiger charge is 2.06. The molecule has 22 heavy (non-hydrogen) atoms. The van der Waals surface area contributed by atoms with Crippen LogP contribution in [0.4, 0.5) is 4.39 Å². The van der Waals surface area contributed by atoms with E-state index in [9.17, 15) is 9.18 Å². The largest absolute Gasteiger partial charge is 0.490 e. The van der Waals surface area contributed by atoms with Crippen molar-refractivity contribution in [2.75, 3.05) is 19.8 Å². The fraction of sp³-hybridized carbons (Fsp3) is 0.235. The summed E-state index contributed by atoms with van der Waals surface area (Å²) in [6.45, 7) is 2.87. The molecule has 2 rings (SSSR count). The van der Waals surface area contributed by atoms with Crippen molar-refractivity contribution in [3.05, 3.63) is 53.8 Å². The second-order valence-corrected chi connectivity index (χ2v) is 4.41. The SMILES string of the molecule is CCOc1cc(C=O)ccc1OCCOc1cccc(F)c1. The minimum atomic E-state index is -0.346. The monoisotopic (exact) mass is 304 g/mol. The van der Waals surface area contributed by atoms with E-state index >= 15 is 0 Å². The maximum Gasteiger partial charge on any atom is 0.161 e. The van der Waals surface area contributed by atoms with Crippen LogP contribution in [0.25, 0.3) is 0 Å². The Morgan fingerprint density at radius 3 is 2.55 bits per heavy atom. The van der Waals surface area contributed by atoms with Crippen molar-refractivity contribution in [1.29, 1.82) is 0 Å². The van der Waals surface area contributed by atoms with Crippen LogP contribution in [0.5, 0.6) is 17.2 Å². The van der Waals surface area contributed by atoms with E-state index in [1.54, 1.807) is 30.3 Å². The summed E-state index contributed by atoms with van der Waals surface area (Å²) >= 11 is 0. The molecular weight excluding hydrogens is 287 g/mol. The van der Waals surface area contributed by atoms with Crippen LogP contribution in [0.3, 0.4) is 0 Å². The highest BCUT2D eigenvalue weighted by atomic mass is 19.1. The molecule has 0 bridgehead atoms. The van der Waals surface area contributed by atoms with Gasteiger partial charge in [-0.25, -0.2) is 4.39 Å². The predicted octanol–water partition coefficient (Wildman–Crippen LogP) is 3.49. The molecule has 5 heteroatoms. The summed E-state index contributed by atoms with van der Waals surface area (Å²) < 4.78 is 29.4. The average Bonchev–Trinajstić information content (AvgIpc) is 2.53. The van der Waals surface area contributed by atoms with Crippen LogP contribution in [-0.2, 0) is 0 Å². The van der Waals surface area contributed by atoms with Gasteiger partial charge in [0.25, 0.3) is 0 Å². The van der Waals surface area contributed by atoms with E-state index < -0.39 is 0 Å². The molecule has 0 aliphatic rings. The van der Waals surface area contributed by atoms with E-state index in [-0.39, 0.29) is 19.0 Å². The number of rotatable bonds is 8. The van der Waals surface area contributed by atoms with E-state index in [2.05, 4.69) is 0 Å². The number of halogens is 1. The summed E-state index contributed by atoms with van der Waals surface area (Å²) in [5.74, 6) is 1.15. The third-order valence-electron chi connectivity index (χ3n) is 2.81. The van der Waals surface area contributed by atoms with E-state index in [1.165, 1.54) is 12.1 Å². The number of carbonyl (C=O) groups is 1. The second kappa shape index (κ2) is 8.02. The lowest BCUT2D eigenvalue weighted by atomic mass is 10.2. The molecule has 0 unspecified atom stereocenters. The standard InChI is InChI=1S/C17H17FO4/c1-2-20-17-10-13(12-19)6-7-16(17)22-9-8-21-15-5-3-4-14(18)11-15/h3-7,10-12H,2,8-9H2,1H3. The number of hydrogen-bond acceptors (Lipinski definition) is 4. The van der Waals surface area contributed by atoms with Gasteiger partial charge in [0.1, 0.15) is 31.1 Å². The second-order valence-electron chi connectivity index (χ2n) is 4.41. The Balaban J connectivity index is 1.89. The van der Waals surface area contributed by atoms with Gasteiger partial charge in [-0.15, -0.1) is 0 Å². The van der Waals surface area contributed by atoms with Gasteiger partial charge in [-0.1, -0.05) is 6.07 Å². The molecule has 0 radical (unpaired) electrons. The summed E-state index contributed by atoms with van der Waals surface area (Å²) in [5.41, 5.74) is 0.520. The van der Waals surface area contributed by atoms with Crippen LogP contribution >= 0.6 is 0 Å². The molecule has 0 fully saturated rings. The van der Waals surface area contributed by atoms with Gasteiger partial charge in [0.05, 0.1) is 6.61 Å². The lowest BCUT2D eigenvalue weighted by Gasteiger charge is -2.12. The van der Waals surface area contributed by atoms with Crippen molar-refractivity contribution in [1.82, 2.24) is 0 Å². The van der Waals surface area contributed by atoms with E-state index in [4.69, 9.17) is 14.2 Å². The quantitative estimate of drug-likeness (QED) is 0.553. The zero-order chi connectivity index (χ0) is 15.8. The van der Waals surface area contributed by atoms with Crippen LogP contribution in [0.2, 0.25) is 0 Å². The topological polar surface area (TPSA) is 44.8 Å². The van der Waals surface area contributed by atoms with Crippen LogP contribution in [0, 0.1) is 5.82 Å². The third-order valence-corrected chi connectivity index (χ3v) is 2.81. The van der Waals surface area contributed by atoms with Gasteiger partial charge >= 0.3 is 0 Å². The molecule has 116 valence electrons. The Bertz CT molecular complexity index is 628. The molecular formula is C17H17FO4. The van der Waals surface area contributed by atoms with Crippen molar-refractivity contribution in [2.45, 2.75) is 6.92 Å². The first-order chi connectivity index (χ1) is 10.7. The zero-order valence-electron chi connectivity index (χ0n) is 12.3. The average molecular weight is 304 g/mol. The van der Waals surface area contributed by atoms with Crippen molar-refractivity contribution in [3.63, 3.8) is 0 Å². The fourth-order valence-electron chi connectivity index (χ4n) is 1.85. The summed E-state index contributed by atoms with van der Waals surface area (Å²) in [6.07, 6.45) is 0.749. The van der Waals surface area contributed by atoms with Crippen LogP contribution in [0.1, 0.15) is 17.3 Å². The number of benzene rings is 2. The molecule has 2 aromatic rings. The number of carbonyl (C=O) groups excluding carboxylic acids is 1. The minimum Gasteiger partial charge on any atom is -0.490 e. The van der Waals surface area contributed by atoms with Gasteiger partial charge in [-0.3, -0.25) is 4.79 Å². The van der Waals surface area contributed by atoms with Gasteiger partial charge in [-0.05, 0) is 37.3 Å². The third kappa shape index (κ3) is 4.48. The first-order valence-electron chi connectivity index (χ1n) is 6.96. The highest BCUT2D eigenvalue weighted by molar-refractivity contribution is 5.76. The van der Waals surface area contributed by atoms with Crippen molar-refractivity contribution >= 4 is 6.29 Å². The van der Waals surface area contributed by atoms with Gasteiger partial charge < -0.3 is 14.2 Å².